The molecule has 5 rings (SSSR count). The minimum absolute atomic E-state index is 0.174. The summed E-state index contributed by atoms with van der Waals surface area (Å²) >= 11 is 6.23. The molecule has 7 heteroatoms. The van der Waals surface area contributed by atoms with E-state index < -0.39 is 6.04 Å². The van der Waals surface area contributed by atoms with Crippen LogP contribution < -0.4 is 0 Å². The average Bonchev–Trinajstić information content (AvgIpc) is 3.22. The number of ketones is 1. The molecule has 0 bridgehead atoms. The number of aliphatic imine (C=N–C) groups is 1. The van der Waals surface area contributed by atoms with Gasteiger partial charge in [-0.25, -0.2) is 0 Å². The number of benzene rings is 3. The summed E-state index contributed by atoms with van der Waals surface area (Å²) in [5.74, 6) is 1.63. The number of Topliss-reactive ketones (excluding diaryl/α,β-unsaturated/α-hetero) is 1. The van der Waals surface area contributed by atoms with Crippen LogP contribution in [0, 0.1) is 6.92 Å². The van der Waals surface area contributed by atoms with E-state index >= 15 is 0 Å². The van der Waals surface area contributed by atoms with Crippen LogP contribution in [0.1, 0.15) is 60.6 Å². The first kappa shape index (κ1) is 26.0. The molecule has 6 nitrogen and oxygen atoms in total. The van der Waals surface area contributed by atoms with E-state index in [0.717, 1.165) is 52.4 Å². The molecule has 4 aromatic rings. The summed E-state index contributed by atoms with van der Waals surface area (Å²) < 4.78 is 2.05. The number of carbonyl (C=O) groups excluding carboxylic acids is 1. The molecule has 194 valence electrons. The molecular weight excluding hydrogens is 494 g/mol. The van der Waals surface area contributed by atoms with Gasteiger partial charge in [-0.1, -0.05) is 61.0 Å². The van der Waals surface area contributed by atoms with Gasteiger partial charge in [0.05, 0.1) is 11.4 Å². The fraction of sp³-hybridized carbons (Fsp3) is 0.290. The Morgan fingerprint density at radius 2 is 1.63 bits per heavy atom. The number of nitrogens with zero attached hydrogens (tertiary/aromatic N) is 5. The van der Waals surface area contributed by atoms with Crippen LogP contribution in [-0.4, -0.2) is 45.3 Å². The highest BCUT2D eigenvalue weighted by Gasteiger charge is 2.29. The lowest BCUT2D eigenvalue weighted by atomic mass is 9.95. The molecule has 1 aliphatic rings. The van der Waals surface area contributed by atoms with Gasteiger partial charge in [-0.2, -0.15) is 0 Å². The molecule has 0 spiro atoms. The monoisotopic (exact) mass is 525 g/mol. The van der Waals surface area contributed by atoms with Gasteiger partial charge in [0.2, 0.25) is 0 Å². The zero-order valence-electron chi connectivity index (χ0n) is 22.3. The molecule has 3 aromatic carbocycles. The van der Waals surface area contributed by atoms with Crippen LogP contribution in [0.3, 0.4) is 0 Å². The number of hydrogen-bond acceptors (Lipinski definition) is 5. The summed E-state index contributed by atoms with van der Waals surface area (Å²) in [5.41, 5.74) is 7.17. The number of carbonyl (C=O) groups is 1. The zero-order chi connectivity index (χ0) is 26.8. The normalized spacial score (nSPS) is 14.6. The van der Waals surface area contributed by atoms with Crippen molar-refractivity contribution in [2.45, 2.75) is 45.7 Å². The van der Waals surface area contributed by atoms with Crippen molar-refractivity contribution in [3.63, 3.8) is 0 Å². The molecule has 0 amide bonds. The summed E-state index contributed by atoms with van der Waals surface area (Å²) in [6, 6.07) is 22.4. The molecule has 0 saturated carbocycles. The molecule has 0 fully saturated rings. The van der Waals surface area contributed by atoms with E-state index in [4.69, 9.17) is 16.6 Å². The lowest BCUT2D eigenvalue weighted by Gasteiger charge is -2.15. The van der Waals surface area contributed by atoms with Gasteiger partial charge in [0, 0.05) is 35.5 Å². The highest BCUT2D eigenvalue weighted by molar-refractivity contribution is 6.30. The summed E-state index contributed by atoms with van der Waals surface area (Å²) in [6.07, 6.45) is 1.62. The Morgan fingerprint density at radius 1 is 0.947 bits per heavy atom. The van der Waals surface area contributed by atoms with E-state index in [1.54, 1.807) is 0 Å². The molecule has 1 aromatic heterocycles. The Hall–Kier alpha value is -3.61. The molecule has 0 unspecified atom stereocenters. The van der Waals surface area contributed by atoms with Gasteiger partial charge in [-0.15, -0.1) is 10.2 Å². The van der Waals surface area contributed by atoms with Crippen molar-refractivity contribution < 1.29 is 4.79 Å². The van der Waals surface area contributed by atoms with Crippen LogP contribution in [0.4, 0.5) is 0 Å². The Labute approximate surface area is 229 Å². The molecule has 0 saturated heterocycles. The number of aryl methyl sites for hydroxylation is 1. The van der Waals surface area contributed by atoms with Crippen molar-refractivity contribution in [2.24, 2.45) is 4.99 Å². The van der Waals surface area contributed by atoms with Crippen molar-refractivity contribution >= 4 is 23.1 Å². The lowest BCUT2D eigenvalue weighted by Crippen LogP contribution is -2.11. The second kappa shape index (κ2) is 11.0. The van der Waals surface area contributed by atoms with Gasteiger partial charge in [-0.05, 0) is 68.4 Å². The topological polar surface area (TPSA) is 63.4 Å². The summed E-state index contributed by atoms with van der Waals surface area (Å²) in [5, 5.41) is 9.54. The SMILES string of the molecule is CCCC(=O)C[C@@H]1N=C(c2ccc(Cl)cc2)c2cc(-c3ccc(CN(C)C)cc3)ccc2-n2c(C)nnc21. The molecule has 0 N–H and O–H groups in total. The molecule has 0 aliphatic carbocycles. The number of rotatable bonds is 8. The van der Waals surface area contributed by atoms with Gasteiger partial charge in [0.1, 0.15) is 17.6 Å². The molecular formula is C31H32ClN5O. The number of hydrogen-bond donors (Lipinski definition) is 0. The van der Waals surface area contributed by atoms with Crippen LogP contribution in [-0.2, 0) is 11.3 Å². The predicted octanol–water partition coefficient (Wildman–Crippen LogP) is 6.61. The summed E-state index contributed by atoms with van der Waals surface area (Å²) in [6.45, 7) is 4.85. The van der Waals surface area contributed by atoms with Gasteiger partial charge in [0.25, 0.3) is 0 Å². The minimum Gasteiger partial charge on any atom is -0.305 e. The zero-order valence-corrected chi connectivity index (χ0v) is 23.0. The van der Waals surface area contributed by atoms with Crippen molar-refractivity contribution in [3.8, 4) is 16.8 Å². The van der Waals surface area contributed by atoms with Crippen molar-refractivity contribution in [2.75, 3.05) is 14.1 Å². The van der Waals surface area contributed by atoms with Crippen molar-refractivity contribution in [1.29, 1.82) is 0 Å². The summed E-state index contributed by atoms with van der Waals surface area (Å²) in [4.78, 5) is 20.1. The lowest BCUT2D eigenvalue weighted by molar-refractivity contribution is -0.119. The van der Waals surface area contributed by atoms with Crippen LogP contribution >= 0.6 is 11.6 Å². The smallest absolute Gasteiger partial charge is 0.162 e. The first-order chi connectivity index (χ1) is 18.3. The van der Waals surface area contributed by atoms with Crippen LogP contribution in [0.25, 0.3) is 16.8 Å². The van der Waals surface area contributed by atoms with E-state index in [2.05, 4.69) is 76.2 Å². The predicted molar refractivity (Wildman–Crippen MR) is 153 cm³/mol. The maximum Gasteiger partial charge on any atom is 0.162 e. The van der Waals surface area contributed by atoms with E-state index in [1.807, 2.05) is 38.1 Å². The number of aromatic nitrogens is 3. The first-order valence-electron chi connectivity index (χ1n) is 13.0. The summed E-state index contributed by atoms with van der Waals surface area (Å²) in [7, 11) is 4.14. The number of halogens is 1. The van der Waals surface area contributed by atoms with E-state index in [-0.39, 0.29) is 12.2 Å². The van der Waals surface area contributed by atoms with Crippen molar-refractivity contribution in [3.05, 3.63) is 100 Å². The van der Waals surface area contributed by atoms with Crippen LogP contribution in [0.15, 0.2) is 71.7 Å². The fourth-order valence-corrected chi connectivity index (χ4v) is 5.14. The van der Waals surface area contributed by atoms with Gasteiger partial charge < -0.3 is 4.90 Å². The standard InChI is InChI=1S/C31H32ClN5O/c1-5-6-26(38)18-28-31-35-34-20(2)37(31)29-16-13-24(22-9-7-21(8-10-22)19-36(3)4)17-27(29)30(33-28)23-11-14-25(32)15-12-23/h7-17,28H,5-6,18-19H2,1-4H3/t28-/m0/s1. The maximum atomic E-state index is 12.8. The van der Waals surface area contributed by atoms with Crippen LogP contribution in [0.2, 0.25) is 5.02 Å². The molecule has 0 radical (unpaired) electrons. The van der Waals surface area contributed by atoms with E-state index in [1.165, 1.54) is 5.56 Å². The largest absolute Gasteiger partial charge is 0.305 e. The fourth-order valence-electron chi connectivity index (χ4n) is 5.01. The van der Waals surface area contributed by atoms with Gasteiger partial charge in [-0.3, -0.25) is 14.4 Å². The van der Waals surface area contributed by atoms with Crippen molar-refractivity contribution in [1.82, 2.24) is 19.7 Å². The third kappa shape index (κ3) is 5.33. The molecule has 1 aliphatic heterocycles. The second-order valence-electron chi connectivity index (χ2n) is 10.1. The third-order valence-corrected chi connectivity index (χ3v) is 7.03. The van der Waals surface area contributed by atoms with E-state index in [9.17, 15) is 4.79 Å². The van der Waals surface area contributed by atoms with Gasteiger partial charge in [0.15, 0.2) is 5.82 Å². The molecule has 1 atom stereocenters. The Balaban J connectivity index is 1.68. The van der Waals surface area contributed by atoms with E-state index in [0.29, 0.717) is 17.3 Å². The molecule has 2 heterocycles. The Bertz CT molecular complexity index is 1490. The highest BCUT2D eigenvalue weighted by Crippen LogP contribution is 2.35. The average molecular weight is 526 g/mol. The van der Waals surface area contributed by atoms with Crippen LogP contribution in [0.5, 0.6) is 0 Å². The second-order valence-corrected chi connectivity index (χ2v) is 10.5. The molecule has 38 heavy (non-hydrogen) atoms. The Morgan fingerprint density at radius 3 is 2.32 bits per heavy atom. The number of fused-ring (bicyclic) bond motifs is 3. The quantitative estimate of drug-likeness (QED) is 0.260. The maximum absolute atomic E-state index is 12.8. The van der Waals surface area contributed by atoms with Gasteiger partial charge >= 0.3 is 0 Å². The third-order valence-electron chi connectivity index (χ3n) is 6.78. The Kier molecular flexibility index (Phi) is 7.54. The highest BCUT2D eigenvalue weighted by atomic mass is 35.5. The first-order valence-corrected chi connectivity index (χ1v) is 13.4. The minimum atomic E-state index is -0.429.